The van der Waals surface area contributed by atoms with Crippen molar-refractivity contribution < 1.29 is 14.3 Å². The van der Waals surface area contributed by atoms with Crippen molar-refractivity contribution in [3.05, 3.63) is 29.8 Å². The van der Waals surface area contributed by atoms with Gasteiger partial charge in [-0.15, -0.1) is 0 Å². The standard InChI is InChI=1S/C13H16O3/c14-9-12-3-1-2-4-13(12)16-10-11-5-7-15-8-6-11/h1-4,9,11H,5-8,10H2. The molecule has 3 heteroatoms. The van der Waals surface area contributed by atoms with Crippen LogP contribution in [0.25, 0.3) is 0 Å². The van der Waals surface area contributed by atoms with Gasteiger partial charge in [-0.25, -0.2) is 0 Å². The third-order valence-corrected chi connectivity index (χ3v) is 2.86. The number of ether oxygens (including phenoxy) is 2. The van der Waals surface area contributed by atoms with E-state index in [4.69, 9.17) is 9.47 Å². The van der Waals surface area contributed by atoms with Crippen molar-refractivity contribution in [1.82, 2.24) is 0 Å². The van der Waals surface area contributed by atoms with Crippen LogP contribution in [0.15, 0.2) is 24.3 Å². The van der Waals surface area contributed by atoms with Crippen LogP contribution in [0.4, 0.5) is 0 Å². The Labute approximate surface area is 95.4 Å². The van der Waals surface area contributed by atoms with Gasteiger partial charge in [0.1, 0.15) is 5.75 Å². The number of benzene rings is 1. The third-order valence-electron chi connectivity index (χ3n) is 2.86. The van der Waals surface area contributed by atoms with Crippen LogP contribution in [0.2, 0.25) is 0 Å². The van der Waals surface area contributed by atoms with Crippen LogP contribution < -0.4 is 4.74 Å². The van der Waals surface area contributed by atoms with Crippen LogP contribution in [0.1, 0.15) is 23.2 Å². The van der Waals surface area contributed by atoms with Crippen molar-refractivity contribution >= 4 is 6.29 Å². The number of aldehydes is 1. The van der Waals surface area contributed by atoms with Crippen LogP contribution >= 0.6 is 0 Å². The molecule has 86 valence electrons. The zero-order valence-corrected chi connectivity index (χ0v) is 9.22. The molecule has 1 aromatic carbocycles. The molecular weight excluding hydrogens is 204 g/mol. The van der Waals surface area contributed by atoms with Crippen molar-refractivity contribution in [1.29, 1.82) is 0 Å². The summed E-state index contributed by atoms with van der Waals surface area (Å²) >= 11 is 0. The quantitative estimate of drug-likeness (QED) is 0.730. The fraction of sp³-hybridized carbons (Fsp3) is 0.462. The Morgan fingerprint density at radius 2 is 2.06 bits per heavy atom. The number of carbonyl (C=O) groups is 1. The average Bonchev–Trinajstić information content (AvgIpc) is 2.38. The minimum atomic E-state index is 0.549. The fourth-order valence-electron chi connectivity index (χ4n) is 1.83. The summed E-state index contributed by atoms with van der Waals surface area (Å²) in [4.78, 5) is 10.8. The topological polar surface area (TPSA) is 35.5 Å². The number of hydrogen-bond donors (Lipinski definition) is 0. The molecule has 0 N–H and O–H groups in total. The predicted molar refractivity (Wildman–Crippen MR) is 60.9 cm³/mol. The summed E-state index contributed by atoms with van der Waals surface area (Å²) in [5.41, 5.74) is 0.620. The van der Waals surface area contributed by atoms with Crippen molar-refractivity contribution in [2.24, 2.45) is 5.92 Å². The number of para-hydroxylation sites is 1. The molecule has 1 aliphatic rings. The SMILES string of the molecule is O=Cc1ccccc1OCC1CCOCC1. The van der Waals surface area contributed by atoms with Crippen LogP contribution in [-0.2, 0) is 4.74 Å². The van der Waals surface area contributed by atoms with Gasteiger partial charge in [-0.3, -0.25) is 4.79 Å². The number of carbonyl (C=O) groups excluding carboxylic acids is 1. The zero-order valence-electron chi connectivity index (χ0n) is 9.22. The molecule has 0 amide bonds. The minimum absolute atomic E-state index is 0.549. The number of hydrogen-bond acceptors (Lipinski definition) is 3. The third kappa shape index (κ3) is 2.83. The summed E-state index contributed by atoms with van der Waals surface area (Å²) < 4.78 is 11.0. The van der Waals surface area contributed by atoms with Crippen LogP contribution in [0, 0.1) is 5.92 Å². The van der Waals surface area contributed by atoms with Gasteiger partial charge < -0.3 is 9.47 Å². The molecule has 1 aliphatic heterocycles. The molecule has 0 aromatic heterocycles. The van der Waals surface area contributed by atoms with E-state index in [0.29, 0.717) is 23.8 Å². The summed E-state index contributed by atoms with van der Waals surface area (Å²) in [6.45, 7) is 2.32. The van der Waals surface area contributed by atoms with E-state index < -0.39 is 0 Å². The van der Waals surface area contributed by atoms with Crippen LogP contribution in [0.3, 0.4) is 0 Å². The molecule has 1 fully saturated rings. The van der Waals surface area contributed by atoms with E-state index in [1.807, 2.05) is 18.2 Å². The molecule has 3 nitrogen and oxygen atoms in total. The second-order valence-corrected chi connectivity index (χ2v) is 4.02. The lowest BCUT2D eigenvalue weighted by Crippen LogP contribution is -2.21. The zero-order chi connectivity index (χ0) is 11.2. The summed E-state index contributed by atoms with van der Waals surface area (Å²) in [5, 5.41) is 0. The second-order valence-electron chi connectivity index (χ2n) is 4.02. The van der Waals surface area contributed by atoms with Gasteiger partial charge in [0.15, 0.2) is 6.29 Å². The van der Waals surface area contributed by atoms with Crippen molar-refractivity contribution in [3.63, 3.8) is 0 Å². The summed E-state index contributed by atoms with van der Waals surface area (Å²) in [6.07, 6.45) is 2.92. The second kappa shape index (κ2) is 5.66. The molecule has 0 atom stereocenters. The Morgan fingerprint density at radius 1 is 1.31 bits per heavy atom. The highest BCUT2D eigenvalue weighted by Crippen LogP contribution is 2.20. The minimum Gasteiger partial charge on any atom is -0.493 e. The molecule has 0 aliphatic carbocycles. The van der Waals surface area contributed by atoms with Gasteiger partial charge in [-0.2, -0.15) is 0 Å². The van der Waals surface area contributed by atoms with E-state index in [2.05, 4.69) is 0 Å². The van der Waals surface area contributed by atoms with Crippen molar-refractivity contribution in [3.8, 4) is 5.75 Å². The smallest absolute Gasteiger partial charge is 0.153 e. The molecule has 1 saturated heterocycles. The maximum atomic E-state index is 10.8. The molecular formula is C13H16O3. The first kappa shape index (κ1) is 11.1. The molecule has 16 heavy (non-hydrogen) atoms. The molecule has 0 radical (unpaired) electrons. The van der Waals surface area contributed by atoms with Gasteiger partial charge in [0.05, 0.1) is 12.2 Å². The molecule has 0 bridgehead atoms. The largest absolute Gasteiger partial charge is 0.493 e. The molecule has 0 spiro atoms. The maximum Gasteiger partial charge on any atom is 0.153 e. The first-order chi connectivity index (χ1) is 7.90. The first-order valence-corrected chi connectivity index (χ1v) is 5.65. The number of rotatable bonds is 4. The van der Waals surface area contributed by atoms with Gasteiger partial charge in [-0.1, -0.05) is 12.1 Å². The Kier molecular flexibility index (Phi) is 3.94. The predicted octanol–water partition coefficient (Wildman–Crippen LogP) is 2.30. The summed E-state index contributed by atoms with van der Waals surface area (Å²) in [7, 11) is 0. The fourth-order valence-corrected chi connectivity index (χ4v) is 1.83. The Bertz CT molecular complexity index is 343. The molecule has 2 rings (SSSR count). The summed E-state index contributed by atoms with van der Waals surface area (Å²) in [5.74, 6) is 1.23. The first-order valence-electron chi connectivity index (χ1n) is 5.65. The van der Waals surface area contributed by atoms with Gasteiger partial charge in [0.25, 0.3) is 0 Å². The summed E-state index contributed by atoms with van der Waals surface area (Å²) in [6, 6.07) is 7.33. The van der Waals surface area contributed by atoms with Gasteiger partial charge >= 0.3 is 0 Å². The van der Waals surface area contributed by atoms with E-state index in [1.54, 1.807) is 6.07 Å². The highest BCUT2D eigenvalue weighted by molar-refractivity contribution is 5.79. The van der Waals surface area contributed by atoms with Crippen molar-refractivity contribution in [2.75, 3.05) is 19.8 Å². The Hall–Kier alpha value is -1.35. The van der Waals surface area contributed by atoms with Crippen LogP contribution in [0.5, 0.6) is 5.75 Å². The van der Waals surface area contributed by atoms with E-state index in [0.717, 1.165) is 32.3 Å². The molecule has 1 heterocycles. The monoisotopic (exact) mass is 220 g/mol. The molecule has 0 saturated carbocycles. The lowest BCUT2D eigenvalue weighted by atomic mass is 10.0. The maximum absolute atomic E-state index is 10.8. The average molecular weight is 220 g/mol. The van der Waals surface area contributed by atoms with E-state index in [1.165, 1.54) is 0 Å². The van der Waals surface area contributed by atoms with Crippen molar-refractivity contribution in [2.45, 2.75) is 12.8 Å². The van der Waals surface area contributed by atoms with E-state index in [-0.39, 0.29) is 0 Å². The highest BCUT2D eigenvalue weighted by Gasteiger charge is 2.14. The van der Waals surface area contributed by atoms with Gasteiger partial charge in [0.2, 0.25) is 0 Å². The lowest BCUT2D eigenvalue weighted by molar-refractivity contribution is 0.0496. The normalized spacial score (nSPS) is 17.0. The Morgan fingerprint density at radius 3 is 2.81 bits per heavy atom. The van der Waals surface area contributed by atoms with E-state index >= 15 is 0 Å². The Balaban J connectivity index is 1.90. The molecule has 1 aromatic rings. The highest BCUT2D eigenvalue weighted by atomic mass is 16.5. The molecule has 0 unspecified atom stereocenters. The van der Waals surface area contributed by atoms with Crippen LogP contribution in [-0.4, -0.2) is 26.1 Å². The van der Waals surface area contributed by atoms with E-state index in [9.17, 15) is 4.79 Å². The van der Waals surface area contributed by atoms with Gasteiger partial charge in [0, 0.05) is 13.2 Å². The lowest BCUT2D eigenvalue weighted by Gasteiger charge is -2.22. The van der Waals surface area contributed by atoms with Gasteiger partial charge in [-0.05, 0) is 30.9 Å².